The molecule has 18 heavy (non-hydrogen) atoms. The van der Waals surface area contributed by atoms with Crippen LogP contribution in [0.25, 0.3) is 0 Å². The molecule has 0 aliphatic heterocycles. The average molecular weight is 258 g/mol. The summed E-state index contributed by atoms with van der Waals surface area (Å²) in [6, 6.07) is 0.327. The molecule has 2 N–H and O–H groups in total. The second-order valence-electron chi connectivity index (χ2n) is 4.80. The molecule has 0 spiro atoms. The van der Waals surface area contributed by atoms with Crippen molar-refractivity contribution in [3.05, 3.63) is 0 Å². The van der Waals surface area contributed by atoms with E-state index in [0.29, 0.717) is 19.2 Å². The van der Waals surface area contributed by atoms with Crippen LogP contribution in [0.1, 0.15) is 52.9 Å². The third-order valence-corrected chi connectivity index (χ3v) is 3.03. The Hall–Kier alpha value is -0.610. The molecule has 4 heteroatoms. The van der Waals surface area contributed by atoms with Crippen LogP contribution in [-0.2, 0) is 9.53 Å². The van der Waals surface area contributed by atoms with Gasteiger partial charge in [0, 0.05) is 19.7 Å². The van der Waals surface area contributed by atoms with Gasteiger partial charge in [0.05, 0.1) is 12.6 Å². The smallest absolute Gasteiger partial charge is 0.236 e. The molecule has 0 rings (SSSR count). The number of amides is 1. The second-order valence-corrected chi connectivity index (χ2v) is 4.80. The van der Waals surface area contributed by atoms with Gasteiger partial charge in [0.2, 0.25) is 5.91 Å². The van der Waals surface area contributed by atoms with Crippen molar-refractivity contribution in [2.75, 3.05) is 20.3 Å². The lowest BCUT2D eigenvalue weighted by atomic mass is 10.0. The molecule has 0 heterocycles. The number of carbonyl (C=O) groups is 1. The van der Waals surface area contributed by atoms with Crippen molar-refractivity contribution in [3.8, 4) is 0 Å². The van der Waals surface area contributed by atoms with Crippen molar-refractivity contribution in [2.24, 2.45) is 0 Å². The van der Waals surface area contributed by atoms with E-state index in [1.807, 2.05) is 6.92 Å². The van der Waals surface area contributed by atoms with Gasteiger partial charge in [-0.3, -0.25) is 4.79 Å². The van der Waals surface area contributed by atoms with E-state index >= 15 is 0 Å². The number of hydrogen-bond acceptors (Lipinski definition) is 3. The Bertz CT molecular complexity index is 210. The third-order valence-electron chi connectivity index (χ3n) is 3.03. The first-order valence-electron chi connectivity index (χ1n) is 7.18. The lowest BCUT2D eigenvalue weighted by Gasteiger charge is -2.22. The standard InChI is InChI=1S/C14H30N2O2/c1-5-7-9-13(8-6-2)16-12(3)14(17)15-10-11-18-4/h12-13,16H,5-11H2,1-4H3,(H,15,17). The van der Waals surface area contributed by atoms with Crippen LogP contribution in [0.4, 0.5) is 0 Å². The monoisotopic (exact) mass is 258 g/mol. The second kappa shape index (κ2) is 11.5. The van der Waals surface area contributed by atoms with Gasteiger partial charge in [-0.05, 0) is 19.8 Å². The Morgan fingerprint density at radius 3 is 2.50 bits per heavy atom. The van der Waals surface area contributed by atoms with E-state index < -0.39 is 0 Å². The molecule has 0 aliphatic rings. The molecule has 0 saturated heterocycles. The van der Waals surface area contributed by atoms with Crippen LogP contribution in [0.15, 0.2) is 0 Å². The molecule has 2 atom stereocenters. The fourth-order valence-corrected chi connectivity index (χ4v) is 1.97. The van der Waals surface area contributed by atoms with E-state index in [0.717, 1.165) is 19.3 Å². The minimum atomic E-state index is -0.129. The summed E-state index contributed by atoms with van der Waals surface area (Å²) in [6.45, 7) is 7.45. The summed E-state index contributed by atoms with van der Waals surface area (Å²) in [6.07, 6.45) is 5.86. The molecular weight excluding hydrogens is 228 g/mol. The van der Waals surface area contributed by atoms with Crippen molar-refractivity contribution >= 4 is 5.91 Å². The first-order valence-corrected chi connectivity index (χ1v) is 7.18. The maximum atomic E-state index is 11.8. The van der Waals surface area contributed by atoms with Crippen LogP contribution < -0.4 is 10.6 Å². The highest BCUT2D eigenvalue weighted by Crippen LogP contribution is 2.07. The zero-order valence-corrected chi connectivity index (χ0v) is 12.4. The van der Waals surface area contributed by atoms with Crippen molar-refractivity contribution in [2.45, 2.75) is 65.0 Å². The van der Waals surface area contributed by atoms with Gasteiger partial charge in [0.25, 0.3) is 0 Å². The molecule has 0 saturated carbocycles. The highest BCUT2D eigenvalue weighted by molar-refractivity contribution is 5.81. The maximum Gasteiger partial charge on any atom is 0.236 e. The van der Waals surface area contributed by atoms with Crippen molar-refractivity contribution in [3.63, 3.8) is 0 Å². The van der Waals surface area contributed by atoms with Gasteiger partial charge < -0.3 is 15.4 Å². The highest BCUT2D eigenvalue weighted by Gasteiger charge is 2.16. The molecule has 0 radical (unpaired) electrons. The van der Waals surface area contributed by atoms with E-state index in [1.54, 1.807) is 7.11 Å². The minimum absolute atomic E-state index is 0.0599. The van der Waals surface area contributed by atoms with E-state index in [9.17, 15) is 4.79 Å². The van der Waals surface area contributed by atoms with Gasteiger partial charge in [-0.2, -0.15) is 0 Å². The Morgan fingerprint density at radius 2 is 1.94 bits per heavy atom. The third kappa shape index (κ3) is 8.48. The molecule has 2 unspecified atom stereocenters. The van der Waals surface area contributed by atoms with Gasteiger partial charge in [-0.15, -0.1) is 0 Å². The summed E-state index contributed by atoms with van der Waals surface area (Å²) in [5.74, 6) is 0.0599. The van der Waals surface area contributed by atoms with Crippen molar-refractivity contribution < 1.29 is 9.53 Å². The quantitative estimate of drug-likeness (QED) is 0.558. The fraction of sp³-hybridized carbons (Fsp3) is 0.929. The van der Waals surface area contributed by atoms with Crippen LogP contribution >= 0.6 is 0 Å². The first kappa shape index (κ1) is 17.4. The number of methoxy groups -OCH3 is 1. The van der Waals surface area contributed by atoms with E-state index in [2.05, 4.69) is 24.5 Å². The summed E-state index contributed by atoms with van der Waals surface area (Å²) in [4.78, 5) is 11.8. The van der Waals surface area contributed by atoms with Crippen molar-refractivity contribution in [1.29, 1.82) is 0 Å². The van der Waals surface area contributed by atoms with Gasteiger partial charge in [0.15, 0.2) is 0 Å². The molecule has 108 valence electrons. The Morgan fingerprint density at radius 1 is 1.22 bits per heavy atom. The summed E-state index contributed by atoms with van der Waals surface area (Å²) in [7, 11) is 1.63. The van der Waals surface area contributed by atoms with Crippen LogP contribution in [0.2, 0.25) is 0 Å². The predicted molar refractivity (Wildman–Crippen MR) is 75.7 cm³/mol. The molecule has 0 aromatic heterocycles. The Labute approximate surface area is 112 Å². The minimum Gasteiger partial charge on any atom is -0.383 e. The molecule has 0 aromatic rings. The highest BCUT2D eigenvalue weighted by atomic mass is 16.5. The average Bonchev–Trinajstić information content (AvgIpc) is 2.36. The number of rotatable bonds is 11. The Kier molecular flexibility index (Phi) is 11.1. The molecule has 0 aromatic carbocycles. The van der Waals surface area contributed by atoms with Gasteiger partial charge in [-0.25, -0.2) is 0 Å². The molecule has 0 aliphatic carbocycles. The van der Waals surface area contributed by atoms with E-state index in [-0.39, 0.29) is 11.9 Å². The van der Waals surface area contributed by atoms with Gasteiger partial charge in [-0.1, -0.05) is 33.1 Å². The molecule has 0 fully saturated rings. The SMILES string of the molecule is CCCCC(CCC)NC(C)C(=O)NCCOC. The van der Waals surface area contributed by atoms with Gasteiger partial charge in [0.1, 0.15) is 0 Å². The van der Waals surface area contributed by atoms with E-state index in [1.165, 1.54) is 12.8 Å². The topological polar surface area (TPSA) is 50.4 Å². The Balaban J connectivity index is 3.97. The number of carbonyl (C=O) groups excluding carboxylic acids is 1. The van der Waals surface area contributed by atoms with Crippen LogP contribution in [0.3, 0.4) is 0 Å². The van der Waals surface area contributed by atoms with Crippen LogP contribution in [-0.4, -0.2) is 38.3 Å². The summed E-state index contributed by atoms with van der Waals surface area (Å²) in [5, 5.41) is 6.29. The van der Waals surface area contributed by atoms with Gasteiger partial charge >= 0.3 is 0 Å². The number of unbranched alkanes of at least 4 members (excludes halogenated alkanes) is 1. The zero-order valence-electron chi connectivity index (χ0n) is 12.4. The van der Waals surface area contributed by atoms with E-state index in [4.69, 9.17) is 4.74 Å². The van der Waals surface area contributed by atoms with Crippen LogP contribution in [0, 0.1) is 0 Å². The normalized spacial score (nSPS) is 14.2. The molecular formula is C14H30N2O2. The zero-order chi connectivity index (χ0) is 13.8. The predicted octanol–water partition coefficient (Wildman–Crippen LogP) is 2.09. The molecule has 4 nitrogen and oxygen atoms in total. The number of nitrogens with one attached hydrogen (secondary N) is 2. The molecule has 0 bridgehead atoms. The lowest BCUT2D eigenvalue weighted by molar-refractivity contribution is -0.123. The van der Waals surface area contributed by atoms with Crippen molar-refractivity contribution in [1.82, 2.24) is 10.6 Å². The van der Waals surface area contributed by atoms with Crippen LogP contribution in [0.5, 0.6) is 0 Å². The number of ether oxygens (including phenoxy) is 1. The fourth-order valence-electron chi connectivity index (χ4n) is 1.97. The maximum absolute atomic E-state index is 11.8. The lowest BCUT2D eigenvalue weighted by Crippen LogP contribution is -2.47. The largest absolute Gasteiger partial charge is 0.383 e. The summed E-state index contributed by atoms with van der Waals surface area (Å²) in [5.41, 5.74) is 0. The summed E-state index contributed by atoms with van der Waals surface area (Å²) >= 11 is 0. The number of hydrogen-bond donors (Lipinski definition) is 2. The first-order chi connectivity index (χ1) is 8.65. The molecule has 1 amide bonds. The summed E-state index contributed by atoms with van der Waals surface area (Å²) < 4.78 is 4.91.